The fourth-order valence-corrected chi connectivity index (χ4v) is 0.953. The Morgan fingerprint density at radius 2 is 2.42 bits per heavy atom. The number of nitrogen functional groups attached to an aromatic ring is 1. The molecule has 0 saturated carbocycles. The summed E-state index contributed by atoms with van der Waals surface area (Å²) in [4.78, 5) is 4.13. The molecular weight excluding hydrogens is 168 g/mol. The number of hydrogen-bond acceptors (Lipinski definition) is 3. The van der Waals surface area contributed by atoms with Crippen molar-refractivity contribution in [1.82, 2.24) is 4.98 Å². The topological polar surface area (TPSA) is 38.9 Å². The second-order valence-corrected chi connectivity index (χ2v) is 2.89. The van der Waals surface area contributed by atoms with Gasteiger partial charge >= 0.3 is 0 Å². The highest BCUT2D eigenvalue weighted by Gasteiger charge is 1.93. The Morgan fingerprint density at radius 1 is 1.67 bits per heavy atom. The molecule has 2 nitrogen and oxygen atoms in total. The van der Waals surface area contributed by atoms with E-state index in [4.69, 9.17) is 5.73 Å². The van der Waals surface area contributed by atoms with Crippen LogP contribution >= 0.6 is 12.6 Å². The first kappa shape index (κ1) is 9.13. The Hall–Kier alpha value is -0.960. The molecule has 1 aromatic rings. The van der Waals surface area contributed by atoms with Gasteiger partial charge in [0.05, 0.1) is 11.4 Å². The van der Waals surface area contributed by atoms with E-state index >= 15 is 0 Å². The van der Waals surface area contributed by atoms with Gasteiger partial charge in [-0.05, 0) is 18.6 Å². The van der Waals surface area contributed by atoms with Gasteiger partial charge in [-0.2, -0.15) is 12.6 Å². The molecule has 0 radical (unpaired) electrons. The summed E-state index contributed by atoms with van der Waals surface area (Å²) < 4.78 is 0. The number of hydrogen-bond donors (Lipinski definition) is 2. The summed E-state index contributed by atoms with van der Waals surface area (Å²) in [5, 5.41) is 0. The van der Waals surface area contributed by atoms with E-state index in [1.165, 1.54) is 0 Å². The number of aromatic nitrogens is 1. The minimum Gasteiger partial charge on any atom is -0.397 e. The molecule has 0 bridgehead atoms. The maximum absolute atomic E-state index is 5.68. The van der Waals surface area contributed by atoms with Gasteiger partial charge in [0.15, 0.2) is 0 Å². The van der Waals surface area contributed by atoms with Crippen LogP contribution in [0.4, 0.5) is 5.69 Å². The van der Waals surface area contributed by atoms with E-state index in [1.54, 1.807) is 6.20 Å². The maximum Gasteiger partial charge on any atom is 0.0602 e. The smallest absolute Gasteiger partial charge is 0.0602 e. The van der Waals surface area contributed by atoms with Gasteiger partial charge in [0, 0.05) is 11.9 Å². The lowest BCUT2D eigenvalue weighted by molar-refractivity contribution is 1.20. The van der Waals surface area contributed by atoms with E-state index in [0.717, 1.165) is 22.7 Å². The van der Waals surface area contributed by atoms with Crippen molar-refractivity contribution in [3.05, 3.63) is 29.6 Å². The van der Waals surface area contributed by atoms with Crippen LogP contribution < -0.4 is 5.73 Å². The quantitative estimate of drug-likeness (QED) is 0.682. The lowest BCUT2D eigenvalue weighted by atomic mass is 10.2. The van der Waals surface area contributed by atoms with Crippen molar-refractivity contribution in [3.8, 4) is 0 Å². The molecule has 3 heteroatoms. The SMILES string of the molecule is Cc1ncc(C=CCS)cc1N. The number of thiol groups is 1. The predicted octanol–water partition coefficient (Wildman–Crippen LogP) is 1.92. The number of anilines is 1. The number of pyridine rings is 1. The van der Waals surface area contributed by atoms with Crippen LogP contribution in [0.25, 0.3) is 6.08 Å². The summed E-state index contributed by atoms with van der Waals surface area (Å²) in [7, 11) is 0. The molecule has 12 heavy (non-hydrogen) atoms. The van der Waals surface area contributed by atoms with Crippen LogP contribution in [-0.2, 0) is 0 Å². The van der Waals surface area contributed by atoms with Gasteiger partial charge in [-0.3, -0.25) is 4.98 Å². The van der Waals surface area contributed by atoms with E-state index in [0.29, 0.717) is 0 Å². The molecule has 0 amide bonds. The van der Waals surface area contributed by atoms with Crippen LogP contribution in [0.3, 0.4) is 0 Å². The van der Waals surface area contributed by atoms with Crippen LogP contribution in [0.2, 0.25) is 0 Å². The second-order valence-electron chi connectivity index (χ2n) is 2.53. The third-order valence-corrected chi connectivity index (χ3v) is 1.77. The standard InChI is InChI=1S/C9H12N2S/c1-7-9(10)5-8(6-11-7)3-2-4-12/h2-3,5-6,12H,4,10H2,1H3. The molecule has 0 aliphatic rings. The van der Waals surface area contributed by atoms with E-state index < -0.39 is 0 Å². The summed E-state index contributed by atoms with van der Waals surface area (Å²) in [5.41, 5.74) is 8.30. The number of aryl methyl sites for hydroxylation is 1. The van der Waals surface area contributed by atoms with Crippen molar-refractivity contribution in [3.63, 3.8) is 0 Å². The van der Waals surface area contributed by atoms with Crippen LogP contribution in [0.15, 0.2) is 18.3 Å². The third-order valence-electron chi connectivity index (χ3n) is 1.56. The highest BCUT2D eigenvalue weighted by atomic mass is 32.1. The lowest BCUT2D eigenvalue weighted by Gasteiger charge is -1.99. The molecule has 0 unspecified atom stereocenters. The molecule has 0 fully saturated rings. The molecule has 2 N–H and O–H groups in total. The number of nitrogens with zero attached hydrogens (tertiary/aromatic N) is 1. The van der Waals surface area contributed by atoms with Crippen molar-refractivity contribution in [1.29, 1.82) is 0 Å². The predicted molar refractivity (Wildman–Crippen MR) is 56.3 cm³/mol. The Balaban J connectivity index is 2.89. The molecule has 1 rings (SSSR count). The van der Waals surface area contributed by atoms with Crippen molar-refractivity contribution >= 4 is 24.4 Å². The minimum absolute atomic E-state index is 0.730. The van der Waals surface area contributed by atoms with Crippen LogP contribution in [0.5, 0.6) is 0 Å². The second kappa shape index (κ2) is 4.16. The summed E-state index contributed by atoms with van der Waals surface area (Å²) in [6, 6.07) is 1.91. The summed E-state index contributed by atoms with van der Waals surface area (Å²) in [6.45, 7) is 1.89. The average molecular weight is 180 g/mol. The summed E-state index contributed by atoms with van der Waals surface area (Å²) in [6.07, 6.45) is 5.70. The normalized spacial score (nSPS) is 10.8. The first-order valence-corrected chi connectivity index (χ1v) is 4.37. The highest BCUT2D eigenvalue weighted by molar-refractivity contribution is 7.80. The first-order chi connectivity index (χ1) is 5.74. The molecule has 0 saturated heterocycles. The Morgan fingerprint density at radius 3 is 3.00 bits per heavy atom. The Bertz CT molecular complexity index is 295. The van der Waals surface area contributed by atoms with Gasteiger partial charge in [-0.1, -0.05) is 12.2 Å². The van der Waals surface area contributed by atoms with E-state index in [1.807, 2.05) is 25.1 Å². The van der Waals surface area contributed by atoms with Crippen molar-refractivity contribution in [2.45, 2.75) is 6.92 Å². The fraction of sp³-hybridized carbons (Fsp3) is 0.222. The minimum atomic E-state index is 0.730. The van der Waals surface area contributed by atoms with Crippen molar-refractivity contribution in [2.75, 3.05) is 11.5 Å². The summed E-state index contributed by atoms with van der Waals surface area (Å²) in [5.74, 6) is 0.730. The molecule has 0 aliphatic heterocycles. The van der Waals surface area contributed by atoms with Gasteiger partial charge in [0.1, 0.15) is 0 Å². The molecule has 64 valence electrons. The van der Waals surface area contributed by atoms with Gasteiger partial charge in [-0.25, -0.2) is 0 Å². The Labute approximate surface area is 77.9 Å². The lowest BCUT2D eigenvalue weighted by Crippen LogP contribution is -1.92. The molecular formula is C9H12N2S. The van der Waals surface area contributed by atoms with Crippen LogP contribution in [0, 0.1) is 6.92 Å². The average Bonchev–Trinajstić information content (AvgIpc) is 2.07. The van der Waals surface area contributed by atoms with E-state index in [9.17, 15) is 0 Å². The van der Waals surface area contributed by atoms with Gasteiger partial charge < -0.3 is 5.73 Å². The zero-order valence-corrected chi connectivity index (χ0v) is 7.88. The zero-order chi connectivity index (χ0) is 8.97. The third kappa shape index (κ3) is 2.27. The van der Waals surface area contributed by atoms with Crippen molar-refractivity contribution < 1.29 is 0 Å². The monoisotopic (exact) mass is 180 g/mol. The molecule has 0 spiro atoms. The molecule has 0 aromatic carbocycles. The van der Waals surface area contributed by atoms with Gasteiger partial charge in [0.25, 0.3) is 0 Å². The van der Waals surface area contributed by atoms with Gasteiger partial charge in [-0.15, -0.1) is 0 Å². The maximum atomic E-state index is 5.68. The fourth-order valence-electron chi connectivity index (χ4n) is 0.847. The van der Waals surface area contributed by atoms with Crippen LogP contribution in [0.1, 0.15) is 11.3 Å². The molecule has 1 aromatic heterocycles. The van der Waals surface area contributed by atoms with Gasteiger partial charge in [0.2, 0.25) is 0 Å². The highest BCUT2D eigenvalue weighted by Crippen LogP contribution is 2.10. The van der Waals surface area contributed by atoms with Crippen LogP contribution in [-0.4, -0.2) is 10.7 Å². The number of rotatable bonds is 2. The largest absolute Gasteiger partial charge is 0.397 e. The van der Waals surface area contributed by atoms with Crippen molar-refractivity contribution in [2.24, 2.45) is 0 Å². The molecule has 1 heterocycles. The Kier molecular flexibility index (Phi) is 3.17. The zero-order valence-electron chi connectivity index (χ0n) is 6.99. The van der Waals surface area contributed by atoms with E-state index in [-0.39, 0.29) is 0 Å². The molecule has 0 aliphatic carbocycles. The summed E-state index contributed by atoms with van der Waals surface area (Å²) >= 11 is 4.06. The van der Waals surface area contributed by atoms with E-state index in [2.05, 4.69) is 17.6 Å². The first-order valence-electron chi connectivity index (χ1n) is 3.73. The number of nitrogens with two attached hydrogens (primary N) is 1. The molecule has 0 atom stereocenters.